The fourth-order valence-corrected chi connectivity index (χ4v) is 5.16. The number of carbonyl (C=O) groups is 2. The first-order valence-corrected chi connectivity index (χ1v) is 9.74. The Hall–Kier alpha value is -0.840. The van der Waals surface area contributed by atoms with Gasteiger partial charge in [0.05, 0.1) is 8.48 Å². The van der Waals surface area contributed by atoms with E-state index in [2.05, 4.69) is 51.1 Å². The van der Waals surface area contributed by atoms with Crippen LogP contribution in [0.3, 0.4) is 0 Å². The average Bonchev–Trinajstić information content (AvgIpc) is 2.73. The van der Waals surface area contributed by atoms with E-state index < -0.39 is 18.4 Å². The summed E-state index contributed by atoms with van der Waals surface area (Å²) in [6, 6.07) is 3.79. The Morgan fingerprint density at radius 3 is 2.83 bits per heavy atom. The van der Waals surface area contributed by atoms with E-state index >= 15 is 0 Å². The molecule has 2 rings (SSSR count). The fourth-order valence-electron chi connectivity index (χ4n) is 1.87. The highest BCUT2D eigenvalue weighted by Crippen LogP contribution is 2.36. The van der Waals surface area contributed by atoms with Gasteiger partial charge in [-0.25, -0.2) is 0 Å². The standard InChI is InChI=1S/C15H9I2NO4S2/c1-2-3-22-13-8(4-9(16)6-10(13)17)5-11-14(21)18(7-12(19)20)15(23)24-11/h1,4-6H,3,7H2,(H,19,20)/b11-5+. The van der Waals surface area contributed by atoms with Crippen molar-refractivity contribution in [1.29, 1.82) is 0 Å². The number of carboxylic acid groups (broad SMARTS) is 1. The van der Waals surface area contributed by atoms with Gasteiger partial charge in [-0.2, -0.15) is 0 Å². The summed E-state index contributed by atoms with van der Waals surface area (Å²) in [5, 5.41) is 8.88. The lowest BCUT2D eigenvalue weighted by atomic mass is 10.2. The van der Waals surface area contributed by atoms with E-state index in [-0.39, 0.29) is 10.9 Å². The molecule has 0 atom stereocenters. The largest absolute Gasteiger partial charge is 0.480 e. The molecule has 1 saturated heterocycles. The number of ether oxygens (including phenoxy) is 1. The van der Waals surface area contributed by atoms with Gasteiger partial charge >= 0.3 is 5.97 Å². The number of carbonyl (C=O) groups excluding carboxylic acids is 1. The minimum atomic E-state index is -1.12. The van der Waals surface area contributed by atoms with Gasteiger partial charge < -0.3 is 9.84 Å². The molecule has 0 saturated carbocycles. The van der Waals surface area contributed by atoms with Crippen LogP contribution in [-0.4, -0.2) is 39.4 Å². The maximum absolute atomic E-state index is 12.4. The Morgan fingerprint density at radius 2 is 2.21 bits per heavy atom. The molecule has 1 aromatic rings. The number of benzene rings is 1. The summed E-state index contributed by atoms with van der Waals surface area (Å²) in [5.74, 6) is 1.45. The maximum Gasteiger partial charge on any atom is 0.323 e. The van der Waals surface area contributed by atoms with Crippen molar-refractivity contribution in [2.45, 2.75) is 0 Å². The molecule has 9 heteroatoms. The predicted octanol–water partition coefficient (Wildman–Crippen LogP) is 3.19. The van der Waals surface area contributed by atoms with Gasteiger partial charge in [-0.05, 0) is 63.4 Å². The third-order valence-corrected chi connectivity index (χ3v) is 5.59. The number of amides is 1. The first-order valence-electron chi connectivity index (χ1n) is 6.36. The topological polar surface area (TPSA) is 66.8 Å². The molecule has 0 radical (unpaired) electrons. The molecule has 0 spiro atoms. The van der Waals surface area contributed by atoms with Crippen molar-refractivity contribution in [1.82, 2.24) is 4.90 Å². The normalized spacial score (nSPS) is 15.7. The zero-order valence-corrected chi connectivity index (χ0v) is 17.9. The molecule has 5 nitrogen and oxygen atoms in total. The van der Waals surface area contributed by atoms with Crippen LogP contribution in [0.5, 0.6) is 5.75 Å². The number of hydrogen-bond donors (Lipinski definition) is 1. The monoisotopic (exact) mass is 585 g/mol. The van der Waals surface area contributed by atoms with Gasteiger partial charge in [0.1, 0.15) is 23.2 Å². The predicted molar refractivity (Wildman–Crippen MR) is 114 cm³/mol. The van der Waals surface area contributed by atoms with E-state index in [1.54, 1.807) is 6.08 Å². The third-order valence-electron chi connectivity index (χ3n) is 2.79. The van der Waals surface area contributed by atoms with Gasteiger partial charge in [-0.3, -0.25) is 14.5 Å². The molecular weight excluding hydrogens is 576 g/mol. The molecule has 1 N–H and O–H groups in total. The van der Waals surface area contributed by atoms with Crippen LogP contribution >= 0.6 is 69.2 Å². The third kappa shape index (κ3) is 4.62. The zero-order chi connectivity index (χ0) is 17.9. The van der Waals surface area contributed by atoms with Gasteiger partial charge in [-0.1, -0.05) is 29.9 Å². The minimum absolute atomic E-state index is 0.109. The lowest BCUT2D eigenvalue weighted by Crippen LogP contribution is -2.33. The molecule has 1 aliphatic heterocycles. The molecule has 1 aliphatic rings. The maximum atomic E-state index is 12.4. The summed E-state index contributed by atoms with van der Waals surface area (Å²) < 4.78 is 7.64. The highest BCUT2D eigenvalue weighted by Gasteiger charge is 2.33. The first-order chi connectivity index (χ1) is 11.3. The number of rotatable bonds is 5. The Morgan fingerprint density at radius 1 is 1.50 bits per heavy atom. The van der Waals surface area contributed by atoms with E-state index in [9.17, 15) is 9.59 Å². The van der Waals surface area contributed by atoms with Crippen LogP contribution < -0.4 is 4.74 Å². The van der Waals surface area contributed by atoms with E-state index in [4.69, 9.17) is 28.5 Å². The summed E-state index contributed by atoms with van der Waals surface area (Å²) in [4.78, 5) is 24.6. The van der Waals surface area contributed by atoms with Crippen molar-refractivity contribution in [3.05, 3.63) is 29.7 Å². The summed E-state index contributed by atoms with van der Waals surface area (Å²) >= 11 is 10.5. The van der Waals surface area contributed by atoms with Crippen molar-refractivity contribution in [2.24, 2.45) is 0 Å². The van der Waals surface area contributed by atoms with Crippen molar-refractivity contribution in [3.63, 3.8) is 0 Å². The van der Waals surface area contributed by atoms with Crippen LogP contribution in [0.15, 0.2) is 17.0 Å². The Bertz CT molecular complexity index is 801. The fraction of sp³-hybridized carbons (Fsp3) is 0.133. The Kier molecular flexibility index (Phi) is 6.90. The second-order valence-electron chi connectivity index (χ2n) is 4.46. The number of carboxylic acids is 1. The molecule has 0 aliphatic carbocycles. The van der Waals surface area contributed by atoms with Gasteiger partial charge in [0.15, 0.2) is 0 Å². The van der Waals surface area contributed by atoms with Crippen LogP contribution in [0.25, 0.3) is 6.08 Å². The van der Waals surface area contributed by atoms with E-state index in [0.29, 0.717) is 16.2 Å². The number of halogens is 2. The lowest BCUT2D eigenvalue weighted by molar-refractivity contribution is -0.140. The number of thiocarbonyl (C=S) groups is 1. The van der Waals surface area contributed by atoms with E-state index in [0.717, 1.165) is 23.8 Å². The number of aliphatic carboxylic acids is 1. The van der Waals surface area contributed by atoms with Gasteiger partial charge in [0.25, 0.3) is 5.91 Å². The van der Waals surface area contributed by atoms with Crippen molar-refractivity contribution in [3.8, 4) is 18.1 Å². The van der Waals surface area contributed by atoms with Crippen LogP contribution in [0.2, 0.25) is 0 Å². The van der Waals surface area contributed by atoms with Crippen molar-refractivity contribution >= 4 is 91.4 Å². The summed E-state index contributed by atoms with van der Waals surface area (Å²) in [5.41, 5.74) is 0.692. The molecule has 1 heterocycles. The average molecular weight is 585 g/mol. The second kappa shape index (κ2) is 8.50. The van der Waals surface area contributed by atoms with E-state index in [1.165, 1.54) is 0 Å². The van der Waals surface area contributed by atoms with Crippen LogP contribution in [-0.2, 0) is 9.59 Å². The first kappa shape index (κ1) is 19.5. The molecule has 1 fully saturated rings. The summed E-state index contributed by atoms with van der Waals surface area (Å²) in [6.45, 7) is -0.344. The quantitative estimate of drug-likeness (QED) is 0.248. The molecule has 1 amide bonds. The highest BCUT2D eigenvalue weighted by molar-refractivity contribution is 14.1. The summed E-state index contributed by atoms with van der Waals surface area (Å²) in [6.07, 6.45) is 6.89. The van der Waals surface area contributed by atoms with E-state index in [1.807, 2.05) is 12.1 Å². The second-order valence-corrected chi connectivity index (χ2v) is 8.54. The molecule has 24 heavy (non-hydrogen) atoms. The Labute approximate surface area is 175 Å². The SMILES string of the molecule is C#CCOc1c(I)cc(I)cc1/C=C1/SC(=S)N(CC(=O)O)C1=O. The van der Waals surface area contributed by atoms with Gasteiger partial charge in [-0.15, -0.1) is 6.42 Å². The smallest absolute Gasteiger partial charge is 0.323 e. The van der Waals surface area contributed by atoms with Gasteiger partial charge in [0, 0.05) is 9.13 Å². The Balaban J connectivity index is 2.41. The number of hydrogen-bond acceptors (Lipinski definition) is 5. The molecule has 0 bridgehead atoms. The van der Waals surface area contributed by atoms with Crippen LogP contribution in [0, 0.1) is 19.5 Å². The highest BCUT2D eigenvalue weighted by atomic mass is 127. The molecule has 1 aromatic carbocycles. The van der Waals surface area contributed by atoms with Gasteiger partial charge in [0.2, 0.25) is 0 Å². The number of thioether (sulfide) groups is 1. The minimum Gasteiger partial charge on any atom is -0.480 e. The van der Waals surface area contributed by atoms with Crippen molar-refractivity contribution in [2.75, 3.05) is 13.2 Å². The number of terminal acetylenes is 1. The molecule has 0 unspecified atom stereocenters. The molecule has 124 valence electrons. The van der Waals surface area contributed by atoms with Crippen molar-refractivity contribution < 1.29 is 19.4 Å². The molecule has 0 aromatic heterocycles. The number of nitrogens with zero attached hydrogens (tertiary/aromatic N) is 1. The lowest BCUT2D eigenvalue weighted by Gasteiger charge is -2.11. The zero-order valence-electron chi connectivity index (χ0n) is 11.9. The molecular formula is C15H9I2NO4S2. The summed E-state index contributed by atoms with van der Waals surface area (Å²) in [7, 11) is 0. The van der Waals surface area contributed by atoms with Crippen LogP contribution in [0.1, 0.15) is 5.56 Å². The van der Waals surface area contributed by atoms with Crippen LogP contribution in [0.4, 0.5) is 0 Å².